The molecule has 0 aliphatic carbocycles. The maximum Gasteiger partial charge on any atom is 0.216 e. The van der Waals surface area contributed by atoms with E-state index in [0.29, 0.717) is 6.54 Å². The van der Waals surface area contributed by atoms with Crippen molar-refractivity contribution in [1.29, 1.82) is 0 Å². The number of amides is 1. The first-order valence-corrected chi connectivity index (χ1v) is 8.90. The molecule has 2 aliphatic rings. The molecule has 2 aliphatic heterocycles. The van der Waals surface area contributed by atoms with E-state index in [4.69, 9.17) is 9.15 Å². The van der Waals surface area contributed by atoms with Gasteiger partial charge in [-0.05, 0) is 50.8 Å². The van der Waals surface area contributed by atoms with E-state index in [9.17, 15) is 4.79 Å². The monoisotopic (exact) mass is 332 g/mol. The fourth-order valence-electron chi connectivity index (χ4n) is 3.80. The Labute approximate surface area is 144 Å². The highest BCUT2D eigenvalue weighted by molar-refractivity contribution is 5.72. The average Bonchev–Trinajstić information content (AvgIpc) is 3.18. The van der Waals surface area contributed by atoms with Gasteiger partial charge in [-0.2, -0.15) is 0 Å². The summed E-state index contributed by atoms with van der Waals surface area (Å²) in [6, 6.07) is 3.90. The van der Waals surface area contributed by atoms with Crippen LogP contribution in [0.3, 0.4) is 0 Å². The van der Waals surface area contributed by atoms with Gasteiger partial charge >= 0.3 is 0 Å². The number of likely N-dealkylation sites (tertiary alicyclic amines) is 1. The highest BCUT2D eigenvalue weighted by atomic mass is 16.5. The molecule has 0 aromatic carbocycles. The van der Waals surface area contributed by atoms with Crippen LogP contribution in [0.25, 0.3) is 6.08 Å². The first-order valence-electron chi connectivity index (χ1n) is 8.90. The van der Waals surface area contributed by atoms with Gasteiger partial charge in [-0.15, -0.1) is 0 Å². The van der Waals surface area contributed by atoms with Crippen molar-refractivity contribution < 1.29 is 13.9 Å². The summed E-state index contributed by atoms with van der Waals surface area (Å²) in [4.78, 5) is 13.5. The second-order valence-electron chi connectivity index (χ2n) is 7.18. The van der Waals surface area contributed by atoms with Crippen LogP contribution in [0, 0.1) is 0 Å². The summed E-state index contributed by atoms with van der Waals surface area (Å²) >= 11 is 0. The molecule has 0 saturated carbocycles. The third kappa shape index (κ3) is 4.48. The molecule has 2 fully saturated rings. The molecule has 5 nitrogen and oxygen atoms in total. The van der Waals surface area contributed by atoms with Crippen LogP contribution >= 0.6 is 0 Å². The maximum absolute atomic E-state index is 11.0. The van der Waals surface area contributed by atoms with E-state index in [-0.39, 0.29) is 17.6 Å². The summed E-state index contributed by atoms with van der Waals surface area (Å²) < 4.78 is 11.7. The molecule has 1 unspecified atom stereocenters. The SMILES string of the molecule is CC(=O)NCC1CCC2(CCN(C/C(C)=C/c3ccco3)CC2)O1. The van der Waals surface area contributed by atoms with Crippen molar-refractivity contribution in [2.45, 2.75) is 51.2 Å². The van der Waals surface area contributed by atoms with E-state index in [1.165, 1.54) is 5.57 Å². The van der Waals surface area contributed by atoms with E-state index < -0.39 is 0 Å². The minimum absolute atomic E-state index is 0.0215. The van der Waals surface area contributed by atoms with E-state index in [1.807, 2.05) is 12.1 Å². The molecule has 0 bridgehead atoms. The number of hydrogen-bond donors (Lipinski definition) is 1. The van der Waals surface area contributed by atoms with Gasteiger partial charge in [-0.3, -0.25) is 9.69 Å². The van der Waals surface area contributed by atoms with Crippen LogP contribution < -0.4 is 5.32 Å². The van der Waals surface area contributed by atoms with Gasteiger partial charge in [-0.25, -0.2) is 0 Å². The van der Waals surface area contributed by atoms with Crippen molar-refractivity contribution in [3.05, 3.63) is 29.7 Å². The van der Waals surface area contributed by atoms with Gasteiger partial charge in [0.25, 0.3) is 0 Å². The van der Waals surface area contributed by atoms with E-state index in [1.54, 1.807) is 13.2 Å². The summed E-state index contributed by atoms with van der Waals surface area (Å²) in [6.45, 7) is 7.47. The van der Waals surface area contributed by atoms with Crippen LogP contribution in [-0.2, 0) is 9.53 Å². The van der Waals surface area contributed by atoms with Gasteiger partial charge in [0.15, 0.2) is 0 Å². The van der Waals surface area contributed by atoms with Crippen molar-refractivity contribution in [2.75, 3.05) is 26.2 Å². The molecule has 5 heteroatoms. The number of piperidine rings is 1. The zero-order valence-corrected chi connectivity index (χ0v) is 14.7. The van der Waals surface area contributed by atoms with Crippen molar-refractivity contribution in [3.8, 4) is 0 Å². The Morgan fingerprint density at radius 3 is 2.83 bits per heavy atom. The number of carbonyl (C=O) groups excluding carboxylic acids is 1. The first kappa shape index (κ1) is 17.2. The topological polar surface area (TPSA) is 54.7 Å². The number of nitrogens with one attached hydrogen (secondary N) is 1. The van der Waals surface area contributed by atoms with Crippen LogP contribution in [0.2, 0.25) is 0 Å². The van der Waals surface area contributed by atoms with Crippen LogP contribution in [0.5, 0.6) is 0 Å². The summed E-state index contributed by atoms with van der Waals surface area (Å²) in [6.07, 6.45) is 8.33. The number of carbonyl (C=O) groups is 1. The second-order valence-corrected chi connectivity index (χ2v) is 7.18. The predicted molar refractivity (Wildman–Crippen MR) is 93.6 cm³/mol. The largest absolute Gasteiger partial charge is 0.465 e. The lowest BCUT2D eigenvalue weighted by atomic mass is 9.88. The van der Waals surface area contributed by atoms with Crippen molar-refractivity contribution in [3.63, 3.8) is 0 Å². The maximum atomic E-state index is 11.0. The molecular formula is C19H28N2O3. The van der Waals surface area contributed by atoms with Crippen LogP contribution in [0.15, 0.2) is 28.4 Å². The first-order chi connectivity index (χ1) is 11.5. The number of furan rings is 1. The second kappa shape index (κ2) is 7.53. The lowest BCUT2D eigenvalue weighted by Crippen LogP contribution is -2.45. The van der Waals surface area contributed by atoms with Crippen LogP contribution in [0.4, 0.5) is 0 Å². The summed E-state index contributed by atoms with van der Waals surface area (Å²) in [5.74, 6) is 0.939. The molecule has 2 saturated heterocycles. The van der Waals surface area contributed by atoms with Crippen LogP contribution in [-0.4, -0.2) is 48.7 Å². The number of rotatable bonds is 5. The molecule has 3 heterocycles. The number of nitrogens with zero attached hydrogens (tertiary/aromatic N) is 1. The molecule has 3 rings (SSSR count). The Kier molecular flexibility index (Phi) is 5.41. The zero-order valence-electron chi connectivity index (χ0n) is 14.7. The Balaban J connectivity index is 1.45. The third-order valence-electron chi connectivity index (χ3n) is 5.09. The Bertz CT molecular complexity index is 571. The molecule has 1 aromatic heterocycles. The summed E-state index contributed by atoms with van der Waals surface area (Å²) in [5.41, 5.74) is 1.36. The van der Waals surface area contributed by atoms with Gasteiger partial charge < -0.3 is 14.5 Å². The van der Waals surface area contributed by atoms with Gasteiger partial charge in [-0.1, -0.05) is 5.57 Å². The lowest BCUT2D eigenvalue weighted by molar-refractivity contribution is -0.120. The minimum atomic E-state index is 0.0215. The van der Waals surface area contributed by atoms with Crippen molar-refractivity contribution in [1.82, 2.24) is 10.2 Å². The molecule has 132 valence electrons. The molecular weight excluding hydrogens is 304 g/mol. The Morgan fingerprint density at radius 2 is 2.17 bits per heavy atom. The zero-order chi connectivity index (χ0) is 17.0. The highest BCUT2D eigenvalue weighted by Crippen LogP contribution is 2.38. The normalized spacial score (nSPS) is 24.4. The molecule has 1 atom stereocenters. The fraction of sp³-hybridized carbons (Fsp3) is 0.632. The molecule has 1 spiro atoms. The Hall–Kier alpha value is -1.59. The Morgan fingerprint density at radius 1 is 1.38 bits per heavy atom. The quantitative estimate of drug-likeness (QED) is 0.901. The van der Waals surface area contributed by atoms with Gasteiger partial charge in [0, 0.05) is 33.1 Å². The van der Waals surface area contributed by atoms with E-state index >= 15 is 0 Å². The smallest absolute Gasteiger partial charge is 0.216 e. The summed E-state index contributed by atoms with van der Waals surface area (Å²) in [5, 5.41) is 2.87. The fourth-order valence-corrected chi connectivity index (χ4v) is 3.80. The van der Waals surface area contributed by atoms with E-state index in [0.717, 1.165) is 51.1 Å². The molecule has 24 heavy (non-hydrogen) atoms. The van der Waals surface area contributed by atoms with Crippen LogP contribution in [0.1, 0.15) is 45.3 Å². The summed E-state index contributed by atoms with van der Waals surface area (Å²) in [7, 11) is 0. The highest BCUT2D eigenvalue weighted by Gasteiger charge is 2.42. The number of hydrogen-bond acceptors (Lipinski definition) is 4. The number of ether oxygens (including phenoxy) is 1. The molecule has 0 radical (unpaired) electrons. The van der Waals surface area contributed by atoms with Gasteiger partial charge in [0.1, 0.15) is 5.76 Å². The van der Waals surface area contributed by atoms with Crippen molar-refractivity contribution >= 4 is 12.0 Å². The van der Waals surface area contributed by atoms with E-state index in [2.05, 4.69) is 23.2 Å². The average molecular weight is 332 g/mol. The standard InChI is InChI=1S/C19H28N2O3/c1-15(12-17-4-3-11-23-17)14-21-9-7-19(8-10-21)6-5-18(24-19)13-20-16(2)22/h3-4,11-12,18H,5-10,13-14H2,1-2H3,(H,20,22)/b15-12+. The third-order valence-corrected chi connectivity index (χ3v) is 5.09. The van der Waals surface area contributed by atoms with Gasteiger partial charge in [0.2, 0.25) is 5.91 Å². The van der Waals surface area contributed by atoms with Gasteiger partial charge in [0.05, 0.1) is 18.0 Å². The lowest BCUT2D eigenvalue weighted by Gasteiger charge is -2.39. The van der Waals surface area contributed by atoms with Crippen molar-refractivity contribution in [2.24, 2.45) is 0 Å². The molecule has 1 N–H and O–H groups in total. The molecule has 1 amide bonds. The minimum Gasteiger partial charge on any atom is -0.465 e. The molecule has 1 aromatic rings. The predicted octanol–water partition coefficient (Wildman–Crippen LogP) is 2.83.